The van der Waals surface area contributed by atoms with Gasteiger partial charge in [-0.25, -0.2) is 4.79 Å². The monoisotopic (exact) mass is 235 g/mol. The lowest BCUT2D eigenvalue weighted by atomic mass is 9.76. The lowest BCUT2D eigenvalue weighted by Gasteiger charge is -2.42. The Kier molecular flexibility index (Phi) is 3.33. The van der Waals surface area contributed by atoms with Crippen molar-refractivity contribution < 1.29 is 14.6 Å². The minimum atomic E-state index is -0.786. The van der Waals surface area contributed by atoms with Gasteiger partial charge in [0.25, 0.3) is 0 Å². The van der Waals surface area contributed by atoms with Crippen molar-refractivity contribution in [2.24, 2.45) is 0 Å². The van der Waals surface area contributed by atoms with Gasteiger partial charge >= 0.3 is 6.09 Å². The van der Waals surface area contributed by atoms with Crippen LogP contribution in [0.15, 0.2) is 30.3 Å². The van der Waals surface area contributed by atoms with Gasteiger partial charge in [-0.3, -0.25) is 0 Å². The van der Waals surface area contributed by atoms with Gasteiger partial charge in [0, 0.05) is 0 Å². The third-order valence-electron chi connectivity index (χ3n) is 3.19. The Morgan fingerprint density at radius 3 is 2.76 bits per heavy atom. The number of nitrogens with one attached hydrogen (secondary N) is 1. The Labute approximate surface area is 101 Å². The average Bonchev–Trinajstić information content (AvgIpc) is 2.33. The largest absolute Gasteiger partial charge is 0.445 e. The summed E-state index contributed by atoms with van der Waals surface area (Å²) in [5.41, 5.74) is 0.161. The summed E-state index contributed by atoms with van der Waals surface area (Å²) >= 11 is 0. The molecule has 1 saturated carbocycles. The highest BCUT2D eigenvalue weighted by Gasteiger charge is 2.42. The third kappa shape index (κ3) is 2.97. The minimum absolute atomic E-state index is 0.189. The fraction of sp³-hybridized carbons (Fsp3) is 0.462. The number of aliphatic hydroxyl groups is 1. The molecule has 1 amide bonds. The first-order chi connectivity index (χ1) is 8.08. The van der Waals surface area contributed by atoms with E-state index in [2.05, 4.69) is 5.32 Å². The zero-order valence-electron chi connectivity index (χ0n) is 9.85. The van der Waals surface area contributed by atoms with Gasteiger partial charge in [0.05, 0.1) is 11.6 Å². The fourth-order valence-corrected chi connectivity index (χ4v) is 1.84. The summed E-state index contributed by atoms with van der Waals surface area (Å²) in [6.07, 6.45) is 1.04. The van der Waals surface area contributed by atoms with Crippen molar-refractivity contribution >= 4 is 6.09 Å². The molecule has 92 valence electrons. The lowest BCUT2D eigenvalue weighted by Crippen LogP contribution is -2.58. The van der Waals surface area contributed by atoms with Crippen LogP contribution >= 0.6 is 0 Å². The number of ether oxygens (including phenoxy) is 1. The van der Waals surface area contributed by atoms with E-state index in [1.807, 2.05) is 30.3 Å². The predicted octanol–water partition coefficient (Wildman–Crippen LogP) is 1.83. The summed E-state index contributed by atoms with van der Waals surface area (Å²) in [5, 5.41) is 12.4. The molecular formula is C13H17NO3. The molecule has 17 heavy (non-hydrogen) atoms. The van der Waals surface area contributed by atoms with E-state index in [1.165, 1.54) is 0 Å². The second-order valence-electron chi connectivity index (χ2n) is 4.65. The Hall–Kier alpha value is -1.55. The second-order valence-corrected chi connectivity index (χ2v) is 4.65. The summed E-state index contributed by atoms with van der Waals surface area (Å²) in [5.74, 6) is 0. The molecule has 0 heterocycles. The number of amides is 1. The van der Waals surface area contributed by atoms with Gasteiger partial charge in [-0.15, -0.1) is 0 Å². The van der Waals surface area contributed by atoms with Crippen molar-refractivity contribution in [1.29, 1.82) is 0 Å². The molecule has 0 aliphatic heterocycles. The molecule has 1 aromatic carbocycles. The predicted molar refractivity (Wildman–Crippen MR) is 63.4 cm³/mol. The summed E-state index contributed by atoms with van der Waals surface area (Å²) in [4.78, 5) is 11.5. The molecule has 1 aliphatic carbocycles. The van der Waals surface area contributed by atoms with E-state index in [0.29, 0.717) is 0 Å². The smallest absolute Gasteiger partial charge is 0.407 e. The summed E-state index contributed by atoms with van der Waals surface area (Å²) in [6.45, 7) is 1.97. The van der Waals surface area contributed by atoms with Crippen LogP contribution < -0.4 is 5.32 Å². The van der Waals surface area contributed by atoms with Crippen LogP contribution in [0.2, 0.25) is 0 Å². The summed E-state index contributed by atoms with van der Waals surface area (Å²) in [6, 6.07) is 9.31. The molecule has 2 rings (SSSR count). The Morgan fingerprint density at radius 1 is 1.53 bits per heavy atom. The van der Waals surface area contributed by atoms with E-state index in [0.717, 1.165) is 18.4 Å². The molecule has 1 aromatic rings. The van der Waals surface area contributed by atoms with E-state index in [9.17, 15) is 9.90 Å². The van der Waals surface area contributed by atoms with Gasteiger partial charge in [0.1, 0.15) is 6.61 Å². The summed E-state index contributed by atoms with van der Waals surface area (Å²) < 4.78 is 5.07. The van der Waals surface area contributed by atoms with Crippen molar-refractivity contribution in [1.82, 2.24) is 5.32 Å². The van der Waals surface area contributed by atoms with Gasteiger partial charge in [0.15, 0.2) is 0 Å². The maximum atomic E-state index is 11.5. The highest BCUT2D eigenvalue weighted by atomic mass is 16.5. The van der Waals surface area contributed by atoms with Gasteiger partial charge < -0.3 is 15.2 Å². The van der Waals surface area contributed by atoms with Crippen LogP contribution in [0.5, 0.6) is 0 Å². The molecule has 0 radical (unpaired) electrons. The van der Waals surface area contributed by atoms with Crippen LogP contribution in [0.25, 0.3) is 0 Å². The fourth-order valence-electron chi connectivity index (χ4n) is 1.84. The number of benzene rings is 1. The minimum Gasteiger partial charge on any atom is -0.445 e. The van der Waals surface area contributed by atoms with E-state index < -0.39 is 11.7 Å². The first kappa shape index (κ1) is 11.9. The first-order valence-corrected chi connectivity index (χ1v) is 5.77. The molecule has 2 atom stereocenters. The van der Waals surface area contributed by atoms with Crippen molar-refractivity contribution in [2.75, 3.05) is 0 Å². The third-order valence-corrected chi connectivity index (χ3v) is 3.19. The Balaban J connectivity index is 1.75. The van der Waals surface area contributed by atoms with Crippen LogP contribution in [-0.2, 0) is 11.3 Å². The number of alkyl carbamates (subject to hydrolysis) is 1. The van der Waals surface area contributed by atoms with Crippen LogP contribution in [-0.4, -0.2) is 22.8 Å². The maximum absolute atomic E-state index is 11.5. The SMILES string of the molecule is C[C@@]1(O)CC[C@H]1NC(=O)OCc1ccccc1. The van der Waals surface area contributed by atoms with E-state index in [-0.39, 0.29) is 12.6 Å². The Bertz CT molecular complexity index is 389. The van der Waals surface area contributed by atoms with Crippen LogP contribution in [0.1, 0.15) is 25.3 Å². The number of hydrogen-bond acceptors (Lipinski definition) is 3. The number of rotatable bonds is 3. The number of hydrogen-bond donors (Lipinski definition) is 2. The molecule has 0 bridgehead atoms. The molecule has 1 aliphatic rings. The van der Waals surface area contributed by atoms with E-state index >= 15 is 0 Å². The molecule has 0 aromatic heterocycles. The standard InChI is InChI=1S/C13H17NO3/c1-13(16)8-7-11(13)14-12(15)17-9-10-5-3-2-4-6-10/h2-6,11,16H,7-9H2,1H3,(H,14,15)/t11-,13-/m1/s1. The van der Waals surface area contributed by atoms with Crippen LogP contribution in [0.4, 0.5) is 4.79 Å². The highest BCUT2D eigenvalue weighted by molar-refractivity contribution is 5.68. The molecule has 4 nitrogen and oxygen atoms in total. The van der Waals surface area contributed by atoms with Gasteiger partial charge in [-0.2, -0.15) is 0 Å². The van der Waals surface area contributed by atoms with Crippen molar-refractivity contribution in [3.63, 3.8) is 0 Å². The molecule has 0 unspecified atom stereocenters. The molecule has 4 heteroatoms. The molecule has 0 saturated heterocycles. The van der Waals surface area contributed by atoms with Gasteiger partial charge in [-0.05, 0) is 25.3 Å². The average molecular weight is 235 g/mol. The van der Waals surface area contributed by atoms with Crippen molar-refractivity contribution in [3.05, 3.63) is 35.9 Å². The quantitative estimate of drug-likeness (QED) is 0.840. The van der Waals surface area contributed by atoms with Gasteiger partial charge in [-0.1, -0.05) is 30.3 Å². The van der Waals surface area contributed by atoms with E-state index in [1.54, 1.807) is 6.92 Å². The molecule has 0 spiro atoms. The van der Waals surface area contributed by atoms with Crippen molar-refractivity contribution in [2.45, 2.75) is 38.0 Å². The summed E-state index contributed by atoms with van der Waals surface area (Å²) in [7, 11) is 0. The zero-order chi connectivity index (χ0) is 12.3. The van der Waals surface area contributed by atoms with Crippen molar-refractivity contribution in [3.8, 4) is 0 Å². The molecule has 1 fully saturated rings. The van der Waals surface area contributed by atoms with E-state index in [4.69, 9.17) is 4.74 Å². The number of carbonyl (C=O) groups excluding carboxylic acids is 1. The highest BCUT2D eigenvalue weighted by Crippen LogP contribution is 2.31. The Morgan fingerprint density at radius 2 is 2.24 bits per heavy atom. The molecule has 2 N–H and O–H groups in total. The van der Waals surface area contributed by atoms with Crippen LogP contribution in [0, 0.1) is 0 Å². The lowest BCUT2D eigenvalue weighted by molar-refractivity contribution is -0.0508. The molecular weight excluding hydrogens is 218 g/mol. The van der Waals surface area contributed by atoms with Gasteiger partial charge in [0.2, 0.25) is 0 Å². The first-order valence-electron chi connectivity index (χ1n) is 5.77. The second kappa shape index (κ2) is 4.75. The zero-order valence-corrected chi connectivity index (χ0v) is 9.85. The topological polar surface area (TPSA) is 58.6 Å². The normalized spacial score (nSPS) is 27.1. The number of carbonyl (C=O) groups is 1. The maximum Gasteiger partial charge on any atom is 0.407 e. The van der Waals surface area contributed by atoms with Crippen LogP contribution in [0.3, 0.4) is 0 Å².